The molecule has 2 N–H and O–H groups in total. The Labute approximate surface area is 186 Å². The molecule has 0 saturated heterocycles. The maximum Gasteiger partial charge on any atom is 0.0657 e. The molecule has 4 aliphatic rings. The zero-order valence-corrected chi connectivity index (χ0v) is 20.8. The Bertz CT molecular complexity index is 591. The van der Waals surface area contributed by atoms with Crippen molar-refractivity contribution in [3.63, 3.8) is 0 Å². The van der Waals surface area contributed by atoms with E-state index in [-0.39, 0.29) is 6.10 Å². The molecule has 8 atom stereocenters. The van der Waals surface area contributed by atoms with Gasteiger partial charge in [-0.3, -0.25) is 0 Å². The van der Waals surface area contributed by atoms with Crippen LogP contribution >= 0.6 is 0 Å². The largest absolute Gasteiger partial charge is 0.393 e. The Kier molecular flexibility index (Phi) is 7.82. The van der Waals surface area contributed by atoms with Gasteiger partial charge < -0.3 is 10.2 Å². The molecule has 0 amide bonds. The van der Waals surface area contributed by atoms with Crippen LogP contribution in [0.3, 0.4) is 0 Å². The minimum absolute atomic E-state index is 0.0980. The van der Waals surface area contributed by atoms with Crippen molar-refractivity contribution in [2.75, 3.05) is 0 Å². The predicted molar refractivity (Wildman–Crippen MR) is 127 cm³/mol. The number of fused-ring (bicyclic) bond motifs is 5. The number of hydrogen-bond acceptors (Lipinski definition) is 2. The summed E-state index contributed by atoms with van der Waals surface area (Å²) in [7, 11) is 0. The van der Waals surface area contributed by atoms with Crippen molar-refractivity contribution in [2.24, 2.45) is 40.9 Å². The quantitative estimate of drug-likeness (QED) is 0.466. The summed E-state index contributed by atoms with van der Waals surface area (Å²) in [4.78, 5) is 0. The van der Waals surface area contributed by atoms with Crippen molar-refractivity contribution in [1.29, 1.82) is 0 Å². The van der Waals surface area contributed by atoms with Crippen molar-refractivity contribution in [1.82, 2.24) is 0 Å². The van der Waals surface area contributed by atoms with Crippen LogP contribution in [0, 0.1) is 40.9 Å². The Morgan fingerprint density at radius 2 is 1.73 bits per heavy atom. The maximum absolute atomic E-state index is 10.7. The van der Waals surface area contributed by atoms with Crippen LogP contribution in [0.4, 0.5) is 0 Å². The molecule has 0 aromatic carbocycles. The molecule has 3 fully saturated rings. The minimum atomic E-state index is -0.469. The molecular formula is C28H50O2. The topological polar surface area (TPSA) is 40.5 Å². The van der Waals surface area contributed by atoms with E-state index >= 15 is 0 Å². The van der Waals surface area contributed by atoms with Crippen LogP contribution < -0.4 is 0 Å². The maximum atomic E-state index is 10.7. The zero-order chi connectivity index (χ0) is 22.1. The SMILES string of the molecule is CC.CC(C)CCC(O)CC1CCC2C3CC=C4C[C@@](C)(O)CCC4C3CCC12C. The normalized spacial score (nSPS) is 43.6. The third-order valence-electron chi connectivity index (χ3n) is 9.55. The fraction of sp³-hybridized carbons (Fsp3) is 0.929. The molecule has 0 aliphatic heterocycles. The molecule has 0 heterocycles. The second-order valence-electron chi connectivity index (χ2n) is 11.9. The average Bonchev–Trinajstić information content (AvgIpc) is 3.03. The van der Waals surface area contributed by atoms with E-state index < -0.39 is 5.60 Å². The summed E-state index contributed by atoms with van der Waals surface area (Å²) in [6.07, 6.45) is 15.4. The zero-order valence-electron chi connectivity index (χ0n) is 20.8. The van der Waals surface area contributed by atoms with E-state index in [1.807, 2.05) is 20.8 Å². The fourth-order valence-electron chi connectivity index (χ4n) is 7.93. The van der Waals surface area contributed by atoms with E-state index in [0.717, 1.165) is 61.7 Å². The van der Waals surface area contributed by atoms with Gasteiger partial charge in [0.15, 0.2) is 0 Å². The number of aliphatic hydroxyl groups is 2. The lowest BCUT2D eigenvalue weighted by molar-refractivity contribution is -0.0394. The second kappa shape index (κ2) is 9.65. The fourth-order valence-corrected chi connectivity index (χ4v) is 7.93. The monoisotopic (exact) mass is 418 g/mol. The summed E-state index contributed by atoms with van der Waals surface area (Å²) in [5.41, 5.74) is 1.56. The van der Waals surface area contributed by atoms with Gasteiger partial charge in [0, 0.05) is 0 Å². The van der Waals surface area contributed by atoms with E-state index in [9.17, 15) is 10.2 Å². The van der Waals surface area contributed by atoms with Crippen LogP contribution in [0.1, 0.15) is 112 Å². The Morgan fingerprint density at radius 1 is 1.00 bits per heavy atom. The molecule has 4 aliphatic carbocycles. The molecule has 2 heteroatoms. The predicted octanol–water partition coefficient (Wildman–Crippen LogP) is 7.14. The first-order valence-electron chi connectivity index (χ1n) is 13.3. The van der Waals surface area contributed by atoms with Crippen molar-refractivity contribution in [3.05, 3.63) is 11.6 Å². The lowest BCUT2D eigenvalue weighted by Crippen LogP contribution is -2.47. The van der Waals surface area contributed by atoms with Gasteiger partial charge in [-0.2, -0.15) is 0 Å². The number of hydrogen-bond donors (Lipinski definition) is 2. The number of aliphatic hydroxyl groups excluding tert-OH is 1. The number of rotatable bonds is 5. The van der Waals surface area contributed by atoms with E-state index in [1.54, 1.807) is 5.57 Å². The molecule has 0 spiro atoms. The standard InChI is InChI=1S/C26H44O2.C2H6/c1-17(2)5-8-20(27)15-19-7-10-24-23-9-6-18-16-25(3,28)13-11-21(18)22(23)12-14-26(19,24)4;1-2/h6,17,19-24,27-28H,5,7-16H2,1-4H3;1-2H3/t19?,20?,21?,22?,23?,24?,25-,26?;/m0./s1. The average molecular weight is 419 g/mol. The Balaban J connectivity index is 0.00000124. The van der Waals surface area contributed by atoms with Crippen LogP contribution in [0.2, 0.25) is 0 Å². The van der Waals surface area contributed by atoms with Gasteiger partial charge in [-0.25, -0.2) is 0 Å². The van der Waals surface area contributed by atoms with Gasteiger partial charge >= 0.3 is 0 Å². The van der Waals surface area contributed by atoms with Crippen LogP contribution in [0.5, 0.6) is 0 Å². The van der Waals surface area contributed by atoms with Gasteiger partial charge in [0.25, 0.3) is 0 Å². The van der Waals surface area contributed by atoms with Gasteiger partial charge in [-0.1, -0.05) is 46.3 Å². The van der Waals surface area contributed by atoms with Crippen molar-refractivity contribution in [3.8, 4) is 0 Å². The molecule has 30 heavy (non-hydrogen) atoms. The van der Waals surface area contributed by atoms with Crippen LogP contribution in [0.25, 0.3) is 0 Å². The summed E-state index contributed by atoms with van der Waals surface area (Å²) in [6, 6.07) is 0. The molecule has 0 radical (unpaired) electrons. The molecule has 0 aromatic rings. The van der Waals surface area contributed by atoms with E-state index in [2.05, 4.69) is 26.8 Å². The van der Waals surface area contributed by atoms with Crippen LogP contribution in [-0.4, -0.2) is 21.9 Å². The molecule has 174 valence electrons. The summed E-state index contributed by atoms with van der Waals surface area (Å²) in [5.74, 6) is 4.73. The minimum Gasteiger partial charge on any atom is -0.393 e. The Hall–Kier alpha value is -0.340. The van der Waals surface area contributed by atoms with Gasteiger partial charge in [0.05, 0.1) is 11.7 Å². The van der Waals surface area contributed by atoms with Gasteiger partial charge in [-0.15, -0.1) is 0 Å². The third-order valence-corrected chi connectivity index (χ3v) is 9.55. The summed E-state index contributed by atoms with van der Waals surface area (Å²) in [6.45, 7) is 13.1. The highest BCUT2D eigenvalue weighted by molar-refractivity contribution is 5.21. The van der Waals surface area contributed by atoms with Crippen LogP contribution in [-0.2, 0) is 0 Å². The second-order valence-corrected chi connectivity index (χ2v) is 11.9. The lowest BCUT2D eigenvalue weighted by atomic mass is 9.51. The van der Waals surface area contributed by atoms with E-state index in [4.69, 9.17) is 0 Å². The van der Waals surface area contributed by atoms with Gasteiger partial charge in [-0.05, 0) is 118 Å². The summed E-state index contributed by atoms with van der Waals surface area (Å²) in [5, 5.41) is 21.2. The summed E-state index contributed by atoms with van der Waals surface area (Å²) >= 11 is 0. The molecule has 4 rings (SSSR count). The highest BCUT2D eigenvalue weighted by Gasteiger charge is 2.56. The first-order chi connectivity index (χ1) is 14.2. The van der Waals surface area contributed by atoms with E-state index in [0.29, 0.717) is 11.3 Å². The van der Waals surface area contributed by atoms with Crippen LogP contribution in [0.15, 0.2) is 11.6 Å². The smallest absolute Gasteiger partial charge is 0.0657 e. The first kappa shape index (κ1) is 24.3. The molecule has 3 saturated carbocycles. The molecule has 2 nitrogen and oxygen atoms in total. The summed E-state index contributed by atoms with van der Waals surface area (Å²) < 4.78 is 0. The van der Waals surface area contributed by atoms with Crippen molar-refractivity contribution >= 4 is 0 Å². The van der Waals surface area contributed by atoms with Crippen molar-refractivity contribution in [2.45, 2.75) is 124 Å². The Morgan fingerprint density at radius 3 is 2.43 bits per heavy atom. The van der Waals surface area contributed by atoms with Gasteiger partial charge in [0.2, 0.25) is 0 Å². The highest BCUT2D eigenvalue weighted by Crippen LogP contribution is 2.64. The van der Waals surface area contributed by atoms with Gasteiger partial charge in [0.1, 0.15) is 0 Å². The third kappa shape index (κ3) is 4.85. The number of allylic oxidation sites excluding steroid dienone is 1. The van der Waals surface area contributed by atoms with E-state index in [1.165, 1.54) is 38.5 Å². The van der Waals surface area contributed by atoms with Crippen molar-refractivity contribution < 1.29 is 10.2 Å². The molecular weight excluding hydrogens is 368 g/mol. The first-order valence-corrected chi connectivity index (χ1v) is 13.3. The molecule has 0 aromatic heterocycles. The highest BCUT2D eigenvalue weighted by atomic mass is 16.3. The molecule has 0 bridgehead atoms. The molecule has 7 unspecified atom stereocenters. The lowest BCUT2D eigenvalue weighted by Gasteiger charge is -2.54.